The van der Waals surface area contributed by atoms with Crippen LogP contribution in [0.15, 0.2) is 24.3 Å². The molecule has 0 saturated carbocycles. The van der Waals surface area contributed by atoms with E-state index in [1.54, 1.807) is 27.7 Å². The standard InChI is InChI=1S/C14H18N2O4.C8H8FNO2/c1-6-19-20-9-14(4,15-5)13-10(2)7-12(16(17)18)8-11(13)3;1-5-3-7(10(11)12)4-6(2)8(5)9/h7-8H,6,9H2,1-4H3;3-4H,1-2H3. The molecule has 0 radical (unpaired) electrons. The van der Waals surface area contributed by atoms with Gasteiger partial charge in [-0.25, -0.2) is 20.7 Å². The Morgan fingerprint density at radius 3 is 1.69 bits per heavy atom. The molecule has 0 N–H and O–H groups in total. The van der Waals surface area contributed by atoms with Crippen LogP contribution in [0.5, 0.6) is 0 Å². The Labute approximate surface area is 185 Å². The molecule has 0 fully saturated rings. The van der Waals surface area contributed by atoms with E-state index in [1.807, 2.05) is 0 Å². The molecule has 0 aliphatic heterocycles. The van der Waals surface area contributed by atoms with Gasteiger partial charge in [0.05, 0.1) is 16.5 Å². The number of rotatable bonds is 7. The highest BCUT2D eigenvalue weighted by Crippen LogP contribution is 2.34. The van der Waals surface area contributed by atoms with E-state index in [0.717, 1.165) is 5.56 Å². The molecule has 2 aromatic rings. The first kappa shape index (κ1) is 26.6. The SMILES string of the molecule is Cc1cc([N+](=O)[O-])cc(C)c1F.[C-]#[N+]C(C)(COOCC)c1c(C)cc([N+](=O)[O-])cc1C. The summed E-state index contributed by atoms with van der Waals surface area (Å²) >= 11 is 0. The molecule has 10 heteroatoms. The fourth-order valence-electron chi connectivity index (χ4n) is 3.32. The molecule has 0 bridgehead atoms. The molecule has 0 amide bonds. The van der Waals surface area contributed by atoms with E-state index in [-0.39, 0.29) is 23.8 Å². The van der Waals surface area contributed by atoms with Gasteiger partial charge in [-0.3, -0.25) is 20.2 Å². The number of hydrogen-bond donors (Lipinski definition) is 0. The molecule has 0 saturated heterocycles. The van der Waals surface area contributed by atoms with Gasteiger partial charge in [0.15, 0.2) is 6.61 Å². The van der Waals surface area contributed by atoms with Crippen molar-refractivity contribution >= 4 is 11.4 Å². The lowest BCUT2D eigenvalue weighted by atomic mass is 9.86. The van der Waals surface area contributed by atoms with Crippen LogP contribution in [0.2, 0.25) is 0 Å². The molecule has 9 nitrogen and oxygen atoms in total. The van der Waals surface area contributed by atoms with Crippen molar-refractivity contribution in [3.63, 3.8) is 0 Å². The Hall–Kier alpha value is -3.42. The van der Waals surface area contributed by atoms with Crippen molar-refractivity contribution in [2.75, 3.05) is 13.2 Å². The predicted octanol–water partition coefficient (Wildman–Crippen LogP) is 5.66. The van der Waals surface area contributed by atoms with Crippen LogP contribution in [-0.2, 0) is 15.3 Å². The molecular formula is C22H26FN3O6. The van der Waals surface area contributed by atoms with E-state index in [0.29, 0.717) is 28.9 Å². The number of benzene rings is 2. The van der Waals surface area contributed by atoms with Gasteiger partial charge in [-0.1, -0.05) is 0 Å². The maximum Gasteiger partial charge on any atom is 0.281 e. The van der Waals surface area contributed by atoms with Gasteiger partial charge in [0.25, 0.3) is 16.9 Å². The van der Waals surface area contributed by atoms with Crippen LogP contribution in [0.25, 0.3) is 4.85 Å². The van der Waals surface area contributed by atoms with Gasteiger partial charge in [0.2, 0.25) is 0 Å². The first-order valence-electron chi connectivity index (χ1n) is 9.68. The summed E-state index contributed by atoms with van der Waals surface area (Å²) in [6.45, 7) is 18.0. The summed E-state index contributed by atoms with van der Waals surface area (Å²) in [5.74, 6) is -0.374. The van der Waals surface area contributed by atoms with Crippen LogP contribution in [0.3, 0.4) is 0 Å². The molecule has 1 unspecified atom stereocenters. The van der Waals surface area contributed by atoms with Crippen LogP contribution in [-0.4, -0.2) is 23.1 Å². The summed E-state index contributed by atoms with van der Waals surface area (Å²) in [6.07, 6.45) is 0. The van der Waals surface area contributed by atoms with Crippen molar-refractivity contribution in [3.8, 4) is 0 Å². The highest BCUT2D eigenvalue weighted by atomic mass is 19.1. The summed E-state index contributed by atoms with van der Waals surface area (Å²) in [5, 5.41) is 21.1. The second kappa shape index (κ2) is 11.3. The van der Waals surface area contributed by atoms with Crippen molar-refractivity contribution in [2.45, 2.75) is 47.1 Å². The summed E-state index contributed by atoms with van der Waals surface area (Å²) in [4.78, 5) is 33.7. The minimum atomic E-state index is -0.932. The van der Waals surface area contributed by atoms with Gasteiger partial charge in [-0.15, -0.1) is 0 Å². The maximum absolute atomic E-state index is 13.0. The van der Waals surface area contributed by atoms with Crippen molar-refractivity contribution in [1.29, 1.82) is 0 Å². The molecule has 2 rings (SSSR count). The van der Waals surface area contributed by atoms with E-state index < -0.39 is 15.4 Å². The first-order valence-corrected chi connectivity index (χ1v) is 9.68. The van der Waals surface area contributed by atoms with E-state index in [4.69, 9.17) is 16.3 Å². The lowest BCUT2D eigenvalue weighted by molar-refractivity contribution is -0.385. The highest BCUT2D eigenvalue weighted by Gasteiger charge is 2.38. The fourth-order valence-corrected chi connectivity index (χ4v) is 3.32. The Morgan fingerprint density at radius 2 is 1.34 bits per heavy atom. The number of nitro benzene ring substituents is 2. The van der Waals surface area contributed by atoms with Gasteiger partial charge in [-0.2, -0.15) is 0 Å². The van der Waals surface area contributed by atoms with Crippen LogP contribution < -0.4 is 0 Å². The monoisotopic (exact) mass is 447 g/mol. The number of non-ortho nitro benzene ring substituents is 2. The van der Waals surface area contributed by atoms with Crippen molar-refractivity contribution < 1.29 is 24.0 Å². The third-order valence-corrected chi connectivity index (χ3v) is 4.69. The molecule has 172 valence electrons. The molecule has 0 spiro atoms. The summed E-state index contributed by atoms with van der Waals surface area (Å²) in [6, 6.07) is 5.41. The van der Waals surface area contributed by atoms with Gasteiger partial charge >= 0.3 is 0 Å². The average Bonchev–Trinajstić information content (AvgIpc) is 2.71. The Kier molecular flexibility index (Phi) is 9.37. The number of hydrogen-bond acceptors (Lipinski definition) is 6. The number of halogens is 1. The first-order chi connectivity index (χ1) is 14.9. The van der Waals surface area contributed by atoms with E-state index in [1.165, 1.54) is 38.1 Å². The summed E-state index contributed by atoms with van der Waals surface area (Å²) in [5.41, 5.74) is 1.80. The smallest absolute Gasteiger partial charge is 0.281 e. The summed E-state index contributed by atoms with van der Waals surface area (Å²) < 4.78 is 13.0. The normalized spacial score (nSPS) is 12.2. The molecule has 0 aliphatic rings. The third-order valence-electron chi connectivity index (χ3n) is 4.69. The maximum atomic E-state index is 13.0. The zero-order valence-electron chi connectivity index (χ0n) is 18.9. The highest BCUT2D eigenvalue weighted by molar-refractivity contribution is 5.49. The number of nitro groups is 2. The van der Waals surface area contributed by atoms with Crippen molar-refractivity contribution in [3.05, 3.63) is 89.5 Å². The average molecular weight is 447 g/mol. The third kappa shape index (κ3) is 6.54. The quantitative estimate of drug-likeness (QED) is 0.178. The Morgan fingerprint density at radius 1 is 0.938 bits per heavy atom. The van der Waals surface area contributed by atoms with Crippen LogP contribution in [0.4, 0.5) is 15.8 Å². The predicted molar refractivity (Wildman–Crippen MR) is 117 cm³/mol. The van der Waals surface area contributed by atoms with Gasteiger partial charge in [0, 0.05) is 36.8 Å². The van der Waals surface area contributed by atoms with Crippen LogP contribution in [0, 0.1) is 60.3 Å². The number of aryl methyl sites for hydroxylation is 4. The number of nitrogens with zero attached hydrogens (tertiary/aromatic N) is 3. The largest absolute Gasteiger partial charge is 0.303 e. The zero-order chi connectivity index (χ0) is 24.6. The molecule has 0 aromatic heterocycles. The molecule has 1 atom stereocenters. The molecular weight excluding hydrogens is 421 g/mol. The molecule has 32 heavy (non-hydrogen) atoms. The van der Waals surface area contributed by atoms with E-state index in [2.05, 4.69) is 4.85 Å². The Bertz CT molecular complexity index is 1000. The minimum Gasteiger partial charge on any atom is -0.303 e. The molecule has 0 aliphatic carbocycles. The van der Waals surface area contributed by atoms with Gasteiger partial charge in [-0.05, 0) is 56.9 Å². The Balaban J connectivity index is 0.000000363. The second-order valence-electron chi connectivity index (χ2n) is 7.42. The zero-order valence-corrected chi connectivity index (χ0v) is 18.9. The van der Waals surface area contributed by atoms with Crippen LogP contribution >= 0.6 is 0 Å². The lowest BCUT2D eigenvalue weighted by Crippen LogP contribution is -2.26. The second-order valence-corrected chi connectivity index (χ2v) is 7.42. The molecule has 0 heterocycles. The lowest BCUT2D eigenvalue weighted by Gasteiger charge is -2.21. The van der Waals surface area contributed by atoms with Crippen LogP contribution in [0.1, 0.15) is 41.7 Å². The summed E-state index contributed by atoms with van der Waals surface area (Å²) in [7, 11) is 0. The topological polar surface area (TPSA) is 109 Å². The van der Waals surface area contributed by atoms with E-state index >= 15 is 0 Å². The molecule has 2 aromatic carbocycles. The van der Waals surface area contributed by atoms with Crippen molar-refractivity contribution in [1.82, 2.24) is 0 Å². The van der Waals surface area contributed by atoms with E-state index in [9.17, 15) is 24.6 Å². The van der Waals surface area contributed by atoms with Crippen molar-refractivity contribution in [2.24, 2.45) is 0 Å². The minimum absolute atomic E-state index is 0.0295. The van der Waals surface area contributed by atoms with Gasteiger partial charge < -0.3 is 4.85 Å². The fraction of sp³-hybridized carbons (Fsp3) is 0.409. The van der Waals surface area contributed by atoms with Gasteiger partial charge in [0.1, 0.15) is 5.82 Å².